The average Bonchev–Trinajstić information content (AvgIpc) is 1.63. The van der Waals surface area contributed by atoms with Crippen LogP contribution in [0.5, 0.6) is 0 Å². The zero-order chi connectivity index (χ0) is 7.28. The van der Waals surface area contributed by atoms with Crippen molar-refractivity contribution < 1.29 is 9.90 Å². The molecule has 0 spiro atoms. The highest BCUT2D eigenvalue weighted by Gasteiger charge is 2.04. The number of hydrogen-bond acceptors (Lipinski definition) is 2. The molecule has 3 N–H and O–H groups in total. The van der Waals surface area contributed by atoms with Crippen molar-refractivity contribution in [3.05, 3.63) is 0 Å². The van der Waals surface area contributed by atoms with E-state index in [0.717, 1.165) is 6.42 Å². The molecule has 3 heteroatoms. The third kappa shape index (κ3) is 5.30. The Morgan fingerprint density at radius 2 is 2.33 bits per heavy atom. The molecule has 0 aromatic rings. The lowest BCUT2D eigenvalue weighted by atomic mass is 10.1. The van der Waals surface area contributed by atoms with Gasteiger partial charge in [-0.1, -0.05) is 13.3 Å². The van der Waals surface area contributed by atoms with Crippen LogP contribution in [0.15, 0.2) is 0 Å². The number of primary amides is 1. The first-order chi connectivity index (χ1) is 4.16. The molecule has 0 saturated carbocycles. The van der Waals surface area contributed by atoms with E-state index < -0.39 is 12.0 Å². The van der Waals surface area contributed by atoms with Crippen molar-refractivity contribution in [2.45, 2.75) is 32.3 Å². The lowest BCUT2D eigenvalue weighted by molar-refractivity contribution is -0.119. The van der Waals surface area contributed by atoms with E-state index in [2.05, 4.69) is 0 Å². The summed E-state index contributed by atoms with van der Waals surface area (Å²) in [6.07, 6.45) is 1.10. The summed E-state index contributed by atoms with van der Waals surface area (Å²) in [5.74, 6) is -0.434. The maximum Gasteiger partial charge on any atom is 0.220 e. The Balaban J connectivity index is 3.26. The largest absolute Gasteiger partial charge is 0.393 e. The van der Waals surface area contributed by atoms with Gasteiger partial charge in [-0.3, -0.25) is 4.79 Å². The standard InChI is InChI=1S/C6H13NO2/c1-2-3-5(8)4-6(7)9/h5,8H,2-4H2,1H3,(H2,7,9). The second kappa shape index (κ2) is 4.32. The SMILES string of the molecule is CCCC(O)CC(N)=O. The fourth-order valence-electron chi connectivity index (χ4n) is 0.668. The Hall–Kier alpha value is -0.570. The summed E-state index contributed by atoms with van der Waals surface area (Å²) in [4.78, 5) is 10.1. The van der Waals surface area contributed by atoms with Gasteiger partial charge in [0.05, 0.1) is 12.5 Å². The van der Waals surface area contributed by atoms with E-state index in [9.17, 15) is 4.79 Å². The molecular weight excluding hydrogens is 118 g/mol. The summed E-state index contributed by atoms with van der Waals surface area (Å²) in [6, 6.07) is 0. The third-order valence-corrected chi connectivity index (χ3v) is 1.06. The van der Waals surface area contributed by atoms with Crippen LogP contribution in [0.1, 0.15) is 26.2 Å². The molecular formula is C6H13NO2. The summed E-state index contributed by atoms with van der Waals surface area (Å²) in [7, 11) is 0. The number of rotatable bonds is 4. The normalized spacial score (nSPS) is 13.1. The average molecular weight is 131 g/mol. The minimum absolute atomic E-state index is 0.0911. The molecule has 0 fully saturated rings. The Kier molecular flexibility index (Phi) is 4.05. The zero-order valence-corrected chi connectivity index (χ0v) is 5.63. The van der Waals surface area contributed by atoms with Gasteiger partial charge >= 0.3 is 0 Å². The van der Waals surface area contributed by atoms with Crippen molar-refractivity contribution in [2.75, 3.05) is 0 Å². The fraction of sp³-hybridized carbons (Fsp3) is 0.833. The molecule has 1 amide bonds. The summed E-state index contributed by atoms with van der Waals surface area (Å²) < 4.78 is 0. The van der Waals surface area contributed by atoms with Crippen LogP contribution in [0.3, 0.4) is 0 Å². The summed E-state index contributed by atoms with van der Waals surface area (Å²) in [5, 5.41) is 8.92. The van der Waals surface area contributed by atoms with Crippen LogP contribution in [0.2, 0.25) is 0 Å². The number of carbonyl (C=O) groups is 1. The second-order valence-electron chi connectivity index (χ2n) is 2.11. The van der Waals surface area contributed by atoms with Crippen molar-refractivity contribution >= 4 is 5.91 Å². The number of carbonyl (C=O) groups excluding carboxylic acids is 1. The van der Waals surface area contributed by atoms with Crippen molar-refractivity contribution in [3.8, 4) is 0 Å². The highest BCUT2D eigenvalue weighted by molar-refractivity contribution is 5.74. The van der Waals surface area contributed by atoms with Gasteiger partial charge in [0.2, 0.25) is 5.91 Å². The molecule has 54 valence electrons. The zero-order valence-electron chi connectivity index (χ0n) is 5.63. The molecule has 0 bridgehead atoms. The van der Waals surface area contributed by atoms with E-state index >= 15 is 0 Å². The van der Waals surface area contributed by atoms with E-state index in [1.807, 2.05) is 6.92 Å². The first-order valence-corrected chi connectivity index (χ1v) is 3.13. The molecule has 0 aromatic heterocycles. The molecule has 1 atom stereocenters. The lowest BCUT2D eigenvalue weighted by Crippen LogP contribution is -2.19. The number of aliphatic hydroxyl groups excluding tert-OH is 1. The van der Waals surface area contributed by atoms with Crippen LogP contribution < -0.4 is 5.73 Å². The number of amides is 1. The molecule has 0 aromatic carbocycles. The molecule has 1 unspecified atom stereocenters. The van der Waals surface area contributed by atoms with Gasteiger partial charge in [0, 0.05) is 0 Å². The minimum atomic E-state index is -0.535. The Bertz CT molecular complexity index is 93.1. The lowest BCUT2D eigenvalue weighted by Gasteiger charge is -2.03. The third-order valence-electron chi connectivity index (χ3n) is 1.06. The van der Waals surface area contributed by atoms with Crippen LogP contribution in [-0.4, -0.2) is 17.1 Å². The van der Waals surface area contributed by atoms with E-state index in [0.29, 0.717) is 6.42 Å². The summed E-state index contributed by atoms with van der Waals surface area (Å²) in [6.45, 7) is 1.95. The van der Waals surface area contributed by atoms with Crippen LogP contribution in [0.25, 0.3) is 0 Å². The predicted molar refractivity (Wildman–Crippen MR) is 34.7 cm³/mol. The monoisotopic (exact) mass is 131 g/mol. The molecule has 3 nitrogen and oxygen atoms in total. The highest BCUT2D eigenvalue weighted by Crippen LogP contribution is 1.98. The molecule has 0 radical (unpaired) electrons. The van der Waals surface area contributed by atoms with Crippen LogP contribution >= 0.6 is 0 Å². The van der Waals surface area contributed by atoms with Crippen LogP contribution in [0, 0.1) is 0 Å². The molecule has 0 heterocycles. The second-order valence-corrected chi connectivity index (χ2v) is 2.11. The maximum atomic E-state index is 10.1. The van der Waals surface area contributed by atoms with Crippen LogP contribution in [0.4, 0.5) is 0 Å². The van der Waals surface area contributed by atoms with E-state index in [1.54, 1.807) is 0 Å². The molecule has 0 saturated heterocycles. The summed E-state index contributed by atoms with van der Waals surface area (Å²) in [5.41, 5.74) is 4.82. The van der Waals surface area contributed by atoms with Crippen molar-refractivity contribution in [3.63, 3.8) is 0 Å². The molecule has 0 rings (SSSR count). The molecule has 0 aliphatic heterocycles. The number of nitrogens with two attached hydrogens (primary N) is 1. The quantitative estimate of drug-likeness (QED) is 0.565. The summed E-state index contributed by atoms with van der Waals surface area (Å²) >= 11 is 0. The maximum absolute atomic E-state index is 10.1. The molecule has 0 aliphatic carbocycles. The highest BCUT2D eigenvalue weighted by atomic mass is 16.3. The van der Waals surface area contributed by atoms with E-state index in [-0.39, 0.29) is 6.42 Å². The number of hydrogen-bond donors (Lipinski definition) is 2. The van der Waals surface area contributed by atoms with Gasteiger partial charge in [-0.25, -0.2) is 0 Å². The Morgan fingerprint density at radius 1 is 1.78 bits per heavy atom. The van der Waals surface area contributed by atoms with Gasteiger partial charge in [0.25, 0.3) is 0 Å². The van der Waals surface area contributed by atoms with Gasteiger partial charge in [0.1, 0.15) is 0 Å². The first kappa shape index (κ1) is 8.43. The minimum Gasteiger partial charge on any atom is -0.393 e. The number of aliphatic hydroxyl groups is 1. The van der Waals surface area contributed by atoms with Gasteiger partial charge in [-0.2, -0.15) is 0 Å². The molecule has 0 aliphatic rings. The van der Waals surface area contributed by atoms with Gasteiger partial charge < -0.3 is 10.8 Å². The molecule has 9 heavy (non-hydrogen) atoms. The topological polar surface area (TPSA) is 63.3 Å². The fourth-order valence-corrected chi connectivity index (χ4v) is 0.668. The Morgan fingerprint density at radius 3 is 2.67 bits per heavy atom. The smallest absolute Gasteiger partial charge is 0.220 e. The Labute approximate surface area is 54.9 Å². The van der Waals surface area contributed by atoms with E-state index in [1.165, 1.54) is 0 Å². The van der Waals surface area contributed by atoms with Crippen molar-refractivity contribution in [1.82, 2.24) is 0 Å². The van der Waals surface area contributed by atoms with Gasteiger partial charge in [-0.15, -0.1) is 0 Å². The van der Waals surface area contributed by atoms with Crippen molar-refractivity contribution in [1.29, 1.82) is 0 Å². The first-order valence-electron chi connectivity index (χ1n) is 3.13. The van der Waals surface area contributed by atoms with Crippen LogP contribution in [-0.2, 0) is 4.79 Å². The predicted octanol–water partition coefficient (Wildman–Crippen LogP) is 0.0228. The van der Waals surface area contributed by atoms with Gasteiger partial charge in [0.15, 0.2) is 0 Å². The van der Waals surface area contributed by atoms with E-state index in [4.69, 9.17) is 10.8 Å². The van der Waals surface area contributed by atoms with Crippen molar-refractivity contribution in [2.24, 2.45) is 5.73 Å². The van der Waals surface area contributed by atoms with Gasteiger partial charge in [-0.05, 0) is 6.42 Å².